The minimum absolute atomic E-state index is 0.800. The maximum atomic E-state index is 4.57. The van der Waals surface area contributed by atoms with E-state index in [2.05, 4.69) is 20.4 Å². The normalized spacial score (nSPS) is 10.8. The van der Waals surface area contributed by atoms with Crippen molar-refractivity contribution in [1.82, 2.24) is 19.7 Å². The molecule has 0 spiro atoms. The Bertz CT molecular complexity index is 956. The summed E-state index contributed by atoms with van der Waals surface area (Å²) >= 11 is 0. The van der Waals surface area contributed by atoms with Crippen molar-refractivity contribution < 1.29 is 0 Å². The first-order chi connectivity index (χ1) is 11.3. The summed E-state index contributed by atoms with van der Waals surface area (Å²) in [6.45, 7) is 2.03. The number of fused-ring (bicyclic) bond motifs is 1. The van der Waals surface area contributed by atoms with Crippen LogP contribution in [-0.2, 0) is 0 Å². The molecule has 5 heteroatoms. The van der Waals surface area contributed by atoms with E-state index in [1.54, 1.807) is 18.6 Å². The number of pyridine rings is 2. The summed E-state index contributed by atoms with van der Waals surface area (Å²) in [7, 11) is 0. The Balaban J connectivity index is 1.59. The number of hydrogen-bond donors (Lipinski definition) is 1. The summed E-state index contributed by atoms with van der Waals surface area (Å²) in [5.41, 5.74) is 4.00. The van der Waals surface area contributed by atoms with E-state index in [4.69, 9.17) is 0 Å². The number of rotatable bonds is 3. The van der Waals surface area contributed by atoms with Crippen molar-refractivity contribution in [2.75, 3.05) is 5.32 Å². The molecule has 4 rings (SSSR count). The van der Waals surface area contributed by atoms with Gasteiger partial charge in [-0.25, -0.2) is 9.67 Å². The highest BCUT2D eigenvalue weighted by Gasteiger charge is 2.02. The van der Waals surface area contributed by atoms with Gasteiger partial charge in [-0.15, -0.1) is 0 Å². The van der Waals surface area contributed by atoms with Crippen molar-refractivity contribution in [2.45, 2.75) is 6.92 Å². The minimum atomic E-state index is 0.800. The van der Waals surface area contributed by atoms with Crippen LogP contribution in [0.5, 0.6) is 0 Å². The molecule has 4 aromatic rings. The first-order valence-electron chi connectivity index (χ1n) is 7.38. The first kappa shape index (κ1) is 13.5. The molecule has 0 amide bonds. The Morgan fingerprint density at radius 2 is 1.78 bits per heavy atom. The van der Waals surface area contributed by atoms with Gasteiger partial charge in [-0.2, -0.15) is 5.10 Å². The van der Waals surface area contributed by atoms with E-state index in [0.29, 0.717) is 0 Å². The summed E-state index contributed by atoms with van der Waals surface area (Å²) in [5.74, 6) is 0.800. The van der Waals surface area contributed by atoms with Gasteiger partial charge in [0, 0.05) is 29.2 Å². The smallest absolute Gasteiger partial charge is 0.131 e. The van der Waals surface area contributed by atoms with Gasteiger partial charge in [0.15, 0.2) is 0 Å². The van der Waals surface area contributed by atoms with Crippen molar-refractivity contribution in [1.29, 1.82) is 0 Å². The van der Waals surface area contributed by atoms with Crippen LogP contribution in [0.25, 0.3) is 16.6 Å². The molecular weight excluding hydrogens is 286 g/mol. The van der Waals surface area contributed by atoms with E-state index in [1.807, 2.05) is 60.1 Å². The van der Waals surface area contributed by atoms with E-state index in [9.17, 15) is 0 Å². The standard InChI is InChI=1S/C18H15N5/c1-13-8-11-20-23(13)16-5-3-15(4-6-16)21-18-7-2-14-9-10-19-12-17(14)22-18/h2-12H,1H3,(H,21,22). The quantitative estimate of drug-likeness (QED) is 0.624. The molecule has 0 saturated carbocycles. The fourth-order valence-electron chi connectivity index (χ4n) is 2.51. The van der Waals surface area contributed by atoms with Gasteiger partial charge in [0.25, 0.3) is 0 Å². The van der Waals surface area contributed by atoms with Crippen LogP contribution in [0.3, 0.4) is 0 Å². The van der Waals surface area contributed by atoms with Crippen LogP contribution in [-0.4, -0.2) is 19.7 Å². The molecule has 3 heterocycles. The molecule has 0 unspecified atom stereocenters. The number of nitrogens with one attached hydrogen (secondary N) is 1. The zero-order chi connectivity index (χ0) is 15.6. The van der Waals surface area contributed by atoms with Crippen molar-refractivity contribution >= 4 is 22.4 Å². The average molecular weight is 301 g/mol. The third-order valence-corrected chi connectivity index (χ3v) is 3.71. The number of aromatic nitrogens is 4. The zero-order valence-corrected chi connectivity index (χ0v) is 12.6. The largest absolute Gasteiger partial charge is 0.340 e. The van der Waals surface area contributed by atoms with Crippen LogP contribution in [0.15, 0.2) is 67.1 Å². The van der Waals surface area contributed by atoms with Crippen molar-refractivity contribution in [3.8, 4) is 5.69 Å². The van der Waals surface area contributed by atoms with Crippen molar-refractivity contribution in [3.05, 3.63) is 72.8 Å². The van der Waals surface area contributed by atoms with Crippen LogP contribution in [0.1, 0.15) is 5.69 Å². The van der Waals surface area contributed by atoms with E-state index in [1.165, 1.54) is 0 Å². The molecule has 0 aliphatic carbocycles. The molecule has 0 aliphatic heterocycles. The third kappa shape index (κ3) is 2.64. The van der Waals surface area contributed by atoms with Gasteiger partial charge in [0.1, 0.15) is 5.82 Å². The van der Waals surface area contributed by atoms with E-state index < -0.39 is 0 Å². The maximum Gasteiger partial charge on any atom is 0.131 e. The molecule has 1 aromatic carbocycles. The lowest BCUT2D eigenvalue weighted by molar-refractivity contribution is 0.847. The van der Waals surface area contributed by atoms with E-state index in [0.717, 1.165) is 33.8 Å². The first-order valence-corrected chi connectivity index (χ1v) is 7.38. The van der Waals surface area contributed by atoms with Gasteiger partial charge >= 0.3 is 0 Å². The topological polar surface area (TPSA) is 55.6 Å². The highest BCUT2D eigenvalue weighted by atomic mass is 15.3. The van der Waals surface area contributed by atoms with Crippen LogP contribution >= 0.6 is 0 Å². The lowest BCUT2D eigenvalue weighted by atomic mass is 10.2. The number of anilines is 2. The highest BCUT2D eigenvalue weighted by molar-refractivity contribution is 5.79. The Morgan fingerprint density at radius 1 is 0.913 bits per heavy atom. The van der Waals surface area contributed by atoms with Crippen LogP contribution < -0.4 is 5.32 Å². The predicted octanol–water partition coefficient (Wildman–Crippen LogP) is 3.87. The average Bonchev–Trinajstić information content (AvgIpc) is 3.02. The molecular formula is C18H15N5. The second kappa shape index (κ2) is 5.53. The van der Waals surface area contributed by atoms with Crippen molar-refractivity contribution in [3.63, 3.8) is 0 Å². The van der Waals surface area contributed by atoms with Crippen LogP contribution in [0.2, 0.25) is 0 Å². The Morgan fingerprint density at radius 3 is 2.57 bits per heavy atom. The molecule has 0 aliphatic rings. The summed E-state index contributed by atoms with van der Waals surface area (Å²) in [6, 6.07) is 16.0. The van der Waals surface area contributed by atoms with Gasteiger partial charge < -0.3 is 5.32 Å². The fraction of sp³-hybridized carbons (Fsp3) is 0.0556. The van der Waals surface area contributed by atoms with Gasteiger partial charge in [0.2, 0.25) is 0 Å². The van der Waals surface area contributed by atoms with Gasteiger partial charge in [-0.1, -0.05) is 0 Å². The molecule has 1 N–H and O–H groups in total. The molecule has 23 heavy (non-hydrogen) atoms. The van der Waals surface area contributed by atoms with Crippen molar-refractivity contribution in [2.24, 2.45) is 0 Å². The molecule has 3 aromatic heterocycles. The molecule has 0 bridgehead atoms. The second-order valence-electron chi connectivity index (χ2n) is 5.32. The monoisotopic (exact) mass is 301 g/mol. The van der Waals surface area contributed by atoms with Gasteiger partial charge in [-0.05, 0) is 55.5 Å². The summed E-state index contributed by atoms with van der Waals surface area (Å²) in [5, 5.41) is 8.70. The van der Waals surface area contributed by atoms with E-state index in [-0.39, 0.29) is 0 Å². The molecule has 0 radical (unpaired) electrons. The fourth-order valence-corrected chi connectivity index (χ4v) is 2.51. The zero-order valence-electron chi connectivity index (χ0n) is 12.6. The third-order valence-electron chi connectivity index (χ3n) is 3.71. The predicted molar refractivity (Wildman–Crippen MR) is 91.1 cm³/mol. The Kier molecular flexibility index (Phi) is 3.24. The van der Waals surface area contributed by atoms with Gasteiger partial charge in [-0.3, -0.25) is 4.98 Å². The van der Waals surface area contributed by atoms with Crippen LogP contribution in [0.4, 0.5) is 11.5 Å². The number of nitrogens with zero attached hydrogens (tertiary/aromatic N) is 4. The van der Waals surface area contributed by atoms with Gasteiger partial charge in [0.05, 0.1) is 17.4 Å². The number of aryl methyl sites for hydroxylation is 1. The Hall–Kier alpha value is -3.21. The molecule has 112 valence electrons. The second-order valence-corrected chi connectivity index (χ2v) is 5.32. The lowest BCUT2D eigenvalue weighted by Gasteiger charge is -2.09. The minimum Gasteiger partial charge on any atom is -0.340 e. The molecule has 0 saturated heterocycles. The maximum absolute atomic E-state index is 4.57. The molecule has 0 fully saturated rings. The lowest BCUT2D eigenvalue weighted by Crippen LogP contribution is -1.99. The Labute approximate surface area is 133 Å². The molecule has 5 nitrogen and oxygen atoms in total. The summed E-state index contributed by atoms with van der Waals surface area (Å²) in [4.78, 5) is 8.68. The number of hydrogen-bond acceptors (Lipinski definition) is 4. The molecule has 0 atom stereocenters. The highest BCUT2D eigenvalue weighted by Crippen LogP contribution is 2.20. The SMILES string of the molecule is Cc1ccnn1-c1ccc(Nc2ccc3ccncc3n2)cc1. The van der Waals surface area contributed by atoms with E-state index >= 15 is 0 Å². The number of benzene rings is 1. The van der Waals surface area contributed by atoms with Crippen LogP contribution in [0, 0.1) is 6.92 Å². The summed E-state index contributed by atoms with van der Waals surface area (Å²) < 4.78 is 1.91. The summed E-state index contributed by atoms with van der Waals surface area (Å²) in [6.07, 6.45) is 5.34.